The Kier molecular flexibility index (Phi) is 5.95. The number of amides is 2. The Morgan fingerprint density at radius 3 is 2.80 bits per heavy atom. The summed E-state index contributed by atoms with van der Waals surface area (Å²) in [7, 11) is 2.14. The molecule has 132 valence electrons. The number of nitrogens with one attached hydrogen (secondary N) is 1. The van der Waals surface area contributed by atoms with Gasteiger partial charge in [0.1, 0.15) is 0 Å². The molecule has 0 bridgehead atoms. The number of rotatable bonds is 4. The van der Waals surface area contributed by atoms with Crippen molar-refractivity contribution in [1.82, 2.24) is 19.8 Å². The first-order chi connectivity index (χ1) is 12.2. The molecule has 2 aromatic heterocycles. The number of hydrogen-bond donors (Lipinski definition) is 1. The summed E-state index contributed by atoms with van der Waals surface area (Å²) in [5.41, 5.74) is 1.87. The van der Waals surface area contributed by atoms with E-state index in [2.05, 4.69) is 33.3 Å². The van der Waals surface area contributed by atoms with Gasteiger partial charge in [0.25, 0.3) is 0 Å². The fourth-order valence-corrected chi connectivity index (χ4v) is 3.24. The Morgan fingerprint density at radius 1 is 1.20 bits per heavy atom. The summed E-state index contributed by atoms with van der Waals surface area (Å²) in [6.07, 6.45) is 8.29. The second-order valence-corrected chi connectivity index (χ2v) is 6.47. The van der Waals surface area contributed by atoms with E-state index in [4.69, 9.17) is 0 Å². The Labute approximate surface area is 148 Å². The van der Waals surface area contributed by atoms with E-state index >= 15 is 0 Å². The van der Waals surface area contributed by atoms with Crippen molar-refractivity contribution in [2.24, 2.45) is 0 Å². The van der Waals surface area contributed by atoms with Crippen molar-refractivity contribution in [2.75, 3.05) is 25.5 Å². The van der Waals surface area contributed by atoms with Gasteiger partial charge in [-0.05, 0) is 50.6 Å². The Hall–Kier alpha value is -2.47. The molecule has 1 atom stereocenters. The molecule has 6 heteroatoms. The topological polar surface area (TPSA) is 61.4 Å². The summed E-state index contributed by atoms with van der Waals surface area (Å²) in [5.74, 6) is 0. The highest BCUT2D eigenvalue weighted by molar-refractivity contribution is 5.89. The second-order valence-electron chi connectivity index (χ2n) is 6.47. The lowest BCUT2D eigenvalue weighted by molar-refractivity contribution is 0.200. The predicted molar refractivity (Wildman–Crippen MR) is 98.2 cm³/mol. The first kappa shape index (κ1) is 17.4. The molecule has 3 heterocycles. The fourth-order valence-electron chi connectivity index (χ4n) is 3.24. The zero-order valence-electron chi connectivity index (χ0n) is 14.6. The number of likely N-dealkylation sites (tertiary alicyclic amines) is 1. The molecule has 0 saturated carbocycles. The minimum absolute atomic E-state index is 0.0285. The monoisotopic (exact) mass is 339 g/mol. The molecule has 1 aliphatic rings. The molecule has 1 unspecified atom stereocenters. The van der Waals surface area contributed by atoms with Crippen molar-refractivity contribution in [3.8, 4) is 0 Å². The molecule has 0 aliphatic carbocycles. The van der Waals surface area contributed by atoms with Crippen molar-refractivity contribution in [2.45, 2.75) is 31.8 Å². The molecule has 0 aromatic carbocycles. The van der Waals surface area contributed by atoms with Crippen LogP contribution < -0.4 is 5.32 Å². The lowest BCUT2D eigenvalue weighted by atomic mass is 10.1. The molecule has 1 saturated heterocycles. The third-order valence-corrected chi connectivity index (χ3v) is 4.68. The van der Waals surface area contributed by atoms with Crippen molar-refractivity contribution in [1.29, 1.82) is 0 Å². The zero-order chi connectivity index (χ0) is 17.5. The van der Waals surface area contributed by atoms with E-state index in [0.29, 0.717) is 6.04 Å². The molecule has 2 aromatic rings. The van der Waals surface area contributed by atoms with Gasteiger partial charge in [-0.1, -0.05) is 6.07 Å². The highest BCUT2D eigenvalue weighted by Crippen LogP contribution is 2.18. The highest BCUT2D eigenvalue weighted by atomic mass is 16.2. The van der Waals surface area contributed by atoms with Crippen molar-refractivity contribution in [3.05, 3.63) is 54.6 Å². The summed E-state index contributed by atoms with van der Waals surface area (Å²) in [6, 6.07) is 10.1. The van der Waals surface area contributed by atoms with E-state index in [0.717, 1.165) is 50.3 Å². The van der Waals surface area contributed by atoms with Crippen LogP contribution in [-0.4, -0.2) is 52.0 Å². The zero-order valence-corrected chi connectivity index (χ0v) is 14.6. The molecule has 1 N–H and O–H groups in total. The Balaban J connectivity index is 1.52. The number of urea groups is 1. The van der Waals surface area contributed by atoms with E-state index in [9.17, 15) is 4.79 Å². The van der Waals surface area contributed by atoms with Gasteiger partial charge in [-0.25, -0.2) is 4.79 Å². The van der Waals surface area contributed by atoms with E-state index in [1.54, 1.807) is 24.5 Å². The summed E-state index contributed by atoms with van der Waals surface area (Å²) in [6.45, 7) is 2.41. The van der Waals surface area contributed by atoms with Gasteiger partial charge >= 0.3 is 6.03 Å². The molecular weight excluding hydrogens is 314 g/mol. The molecule has 1 fully saturated rings. The average molecular weight is 339 g/mol. The van der Waals surface area contributed by atoms with Gasteiger partial charge in [-0.2, -0.15) is 0 Å². The van der Waals surface area contributed by atoms with Gasteiger partial charge in [0, 0.05) is 50.0 Å². The van der Waals surface area contributed by atoms with Gasteiger partial charge in [-0.15, -0.1) is 0 Å². The first-order valence-electron chi connectivity index (χ1n) is 8.78. The van der Waals surface area contributed by atoms with E-state index in [-0.39, 0.29) is 6.03 Å². The number of anilines is 1. The smallest absolute Gasteiger partial charge is 0.321 e. The summed E-state index contributed by atoms with van der Waals surface area (Å²) in [4.78, 5) is 25.1. The van der Waals surface area contributed by atoms with E-state index < -0.39 is 0 Å². The quantitative estimate of drug-likeness (QED) is 0.930. The largest absolute Gasteiger partial charge is 0.324 e. The maximum absolute atomic E-state index is 12.5. The standard InChI is InChI=1S/C19H25N5O/c1-23(15-17-5-2-3-10-21-17)18-6-4-13-24(14-9-18)19(25)22-16-7-11-20-12-8-16/h2-3,5,7-8,10-12,18H,4,6,9,13-15H2,1H3,(H,20,22,25). The SMILES string of the molecule is CN(Cc1ccccn1)C1CCCN(C(=O)Nc2ccncc2)CC1. The maximum atomic E-state index is 12.5. The van der Waals surface area contributed by atoms with Crippen LogP contribution >= 0.6 is 0 Å². The maximum Gasteiger partial charge on any atom is 0.321 e. The normalized spacial score (nSPS) is 18.0. The lowest BCUT2D eigenvalue weighted by Crippen LogP contribution is -2.37. The second kappa shape index (κ2) is 8.58. The van der Waals surface area contributed by atoms with Crippen LogP contribution in [0.4, 0.5) is 10.5 Å². The molecule has 1 aliphatic heterocycles. The van der Waals surface area contributed by atoms with E-state index in [1.807, 2.05) is 23.2 Å². The highest BCUT2D eigenvalue weighted by Gasteiger charge is 2.23. The lowest BCUT2D eigenvalue weighted by Gasteiger charge is -2.27. The van der Waals surface area contributed by atoms with Crippen molar-refractivity contribution < 1.29 is 4.79 Å². The van der Waals surface area contributed by atoms with Gasteiger partial charge in [-0.3, -0.25) is 14.9 Å². The number of carbonyl (C=O) groups is 1. The third kappa shape index (κ3) is 5.00. The number of hydrogen-bond acceptors (Lipinski definition) is 4. The van der Waals surface area contributed by atoms with Gasteiger partial charge in [0.05, 0.1) is 5.69 Å². The minimum Gasteiger partial charge on any atom is -0.324 e. The molecule has 0 spiro atoms. The van der Waals surface area contributed by atoms with Crippen LogP contribution in [-0.2, 0) is 6.54 Å². The molecule has 3 rings (SSSR count). The van der Waals surface area contributed by atoms with Crippen molar-refractivity contribution >= 4 is 11.7 Å². The average Bonchev–Trinajstić information content (AvgIpc) is 2.90. The Bertz CT molecular complexity index is 664. The van der Waals surface area contributed by atoms with Crippen LogP contribution in [0.2, 0.25) is 0 Å². The van der Waals surface area contributed by atoms with Crippen LogP contribution in [0.1, 0.15) is 25.0 Å². The molecule has 6 nitrogen and oxygen atoms in total. The fraction of sp³-hybridized carbons (Fsp3) is 0.421. The number of pyridine rings is 2. The molecule has 25 heavy (non-hydrogen) atoms. The van der Waals surface area contributed by atoms with Crippen LogP contribution in [0, 0.1) is 0 Å². The summed E-state index contributed by atoms with van der Waals surface area (Å²) < 4.78 is 0. The minimum atomic E-state index is -0.0285. The molecule has 2 amide bonds. The van der Waals surface area contributed by atoms with Gasteiger partial charge < -0.3 is 10.2 Å². The Morgan fingerprint density at radius 2 is 2.04 bits per heavy atom. The van der Waals surface area contributed by atoms with Crippen LogP contribution in [0.5, 0.6) is 0 Å². The predicted octanol–water partition coefficient (Wildman–Crippen LogP) is 3.00. The van der Waals surface area contributed by atoms with Crippen LogP contribution in [0.15, 0.2) is 48.9 Å². The van der Waals surface area contributed by atoms with Gasteiger partial charge in [0.2, 0.25) is 0 Å². The number of nitrogens with zero attached hydrogens (tertiary/aromatic N) is 4. The summed E-state index contributed by atoms with van der Waals surface area (Å²) in [5, 5.41) is 2.95. The van der Waals surface area contributed by atoms with Crippen molar-refractivity contribution in [3.63, 3.8) is 0 Å². The first-order valence-corrected chi connectivity index (χ1v) is 8.78. The van der Waals surface area contributed by atoms with E-state index in [1.165, 1.54) is 0 Å². The van der Waals surface area contributed by atoms with Gasteiger partial charge in [0.15, 0.2) is 0 Å². The van der Waals surface area contributed by atoms with Crippen LogP contribution in [0.3, 0.4) is 0 Å². The number of carbonyl (C=O) groups excluding carboxylic acids is 1. The van der Waals surface area contributed by atoms with Crippen LogP contribution in [0.25, 0.3) is 0 Å². The molecule has 0 radical (unpaired) electrons. The third-order valence-electron chi connectivity index (χ3n) is 4.68. The number of aromatic nitrogens is 2. The summed E-state index contributed by atoms with van der Waals surface area (Å²) >= 11 is 0. The molecular formula is C19H25N5O.